The van der Waals surface area contributed by atoms with E-state index in [0.717, 1.165) is 22.6 Å². The van der Waals surface area contributed by atoms with Gasteiger partial charge in [-0.15, -0.1) is 10.2 Å². The van der Waals surface area contributed by atoms with Crippen molar-refractivity contribution in [2.24, 2.45) is 0 Å². The molecule has 3 rings (SSSR count). The van der Waals surface area contributed by atoms with Gasteiger partial charge in [-0.25, -0.2) is 0 Å². The lowest BCUT2D eigenvalue weighted by Crippen LogP contribution is -2.20. The Morgan fingerprint density at radius 1 is 0.893 bits per heavy atom. The standard InChI is InChI=1S/C21H22N4O3/c1-22-21(26)18-10-11-19(25-24-18)23-20(14-6-4-8-16(12-14)27-2)15-7-5-9-17(13-15)28-3/h4-13,20H,1-3H3,(H,22,26)(H,23,25). The minimum absolute atomic E-state index is 0.217. The second-order valence-electron chi connectivity index (χ2n) is 6.01. The zero-order valence-electron chi connectivity index (χ0n) is 16.0. The topological polar surface area (TPSA) is 85.4 Å². The van der Waals surface area contributed by atoms with E-state index in [1.165, 1.54) is 0 Å². The number of benzene rings is 2. The summed E-state index contributed by atoms with van der Waals surface area (Å²) in [7, 11) is 4.82. The van der Waals surface area contributed by atoms with Crippen LogP contribution in [0.1, 0.15) is 27.7 Å². The molecule has 0 saturated carbocycles. The van der Waals surface area contributed by atoms with Crippen molar-refractivity contribution in [2.45, 2.75) is 6.04 Å². The Morgan fingerprint density at radius 2 is 1.50 bits per heavy atom. The van der Waals surface area contributed by atoms with E-state index in [0.29, 0.717) is 5.82 Å². The van der Waals surface area contributed by atoms with Crippen LogP contribution >= 0.6 is 0 Å². The average molecular weight is 378 g/mol. The smallest absolute Gasteiger partial charge is 0.271 e. The molecule has 1 heterocycles. The molecule has 0 fully saturated rings. The number of nitrogens with zero attached hydrogens (tertiary/aromatic N) is 2. The van der Waals surface area contributed by atoms with Crippen LogP contribution in [-0.4, -0.2) is 37.4 Å². The predicted octanol–water partition coefficient (Wildman–Crippen LogP) is 3.05. The lowest BCUT2D eigenvalue weighted by atomic mass is 9.98. The molecule has 0 radical (unpaired) electrons. The van der Waals surface area contributed by atoms with Crippen molar-refractivity contribution in [1.82, 2.24) is 15.5 Å². The maximum Gasteiger partial charge on any atom is 0.271 e. The van der Waals surface area contributed by atoms with Gasteiger partial charge < -0.3 is 20.1 Å². The summed E-state index contributed by atoms with van der Waals surface area (Å²) in [4.78, 5) is 11.7. The van der Waals surface area contributed by atoms with E-state index in [1.807, 2.05) is 48.5 Å². The molecule has 1 amide bonds. The third kappa shape index (κ3) is 4.37. The maximum atomic E-state index is 11.7. The summed E-state index contributed by atoms with van der Waals surface area (Å²) >= 11 is 0. The third-order valence-electron chi connectivity index (χ3n) is 4.27. The van der Waals surface area contributed by atoms with Gasteiger partial charge in [-0.3, -0.25) is 4.79 Å². The summed E-state index contributed by atoms with van der Waals surface area (Å²) < 4.78 is 10.7. The number of anilines is 1. The fourth-order valence-electron chi connectivity index (χ4n) is 2.81. The minimum atomic E-state index is -0.281. The zero-order chi connectivity index (χ0) is 19.9. The highest BCUT2D eigenvalue weighted by Gasteiger charge is 2.17. The molecular weight excluding hydrogens is 356 g/mol. The van der Waals surface area contributed by atoms with Gasteiger partial charge in [0.2, 0.25) is 0 Å². The Hall–Kier alpha value is -3.61. The molecule has 0 aliphatic rings. The highest BCUT2D eigenvalue weighted by molar-refractivity contribution is 5.91. The number of rotatable bonds is 7. The second-order valence-corrected chi connectivity index (χ2v) is 6.01. The molecule has 2 N–H and O–H groups in total. The van der Waals surface area contributed by atoms with Gasteiger partial charge in [0, 0.05) is 7.05 Å². The molecule has 0 aliphatic heterocycles. The lowest BCUT2D eigenvalue weighted by Gasteiger charge is -2.21. The number of methoxy groups -OCH3 is 2. The quantitative estimate of drug-likeness (QED) is 0.657. The van der Waals surface area contributed by atoms with Crippen molar-refractivity contribution in [3.8, 4) is 11.5 Å². The number of amides is 1. The van der Waals surface area contributed by atoms with Crippen molar-refractivity contribution in [3.63, 3.8) is 0 Å². The number of ether oxygens (including phenoxy) is 2. The zero-order valence-corrected chi connectivity index (χ0v) is 16.0. The Kier molecular flexibility index (Phi) is 6.06. The van der Waals surface area contributed by atoms with Crippen molar-refractivity contribution in [1.29, 1.82) is 0 Å². The van der Waals surface area contributed by atoms with Crippen molar-refractivity contribution in [2.75, 3.05) is 26.6 Å². The van der Waals surface area contributed by atoms with E-state index < -0.39 is 0 Å². The van der Waals surface area contributed by atoms with Crippen LogP contribution in [0.3, 0.4) is 0 Å². The van der Waals surface area contributed by atoms with Gasteiger partial charge in [-0.1, -0.05) is 24.3 Å². The first kappa shape index (κ1) is 19.2. The van der Waals surface area contributed by atoms with Gasteiger partial charge >= 0.3 is 0 Å². The maximum absolute atomic E-state index is 11.7. The third-order valence-corrected chi connectivity index (χ3v) is 4.27. The molecule has 3 aromatic rings. The van der Waals surface area contributed by atoms with Gasteiger partial charge in [0.05, 0.1) is 20.3 Å². The summed E-state index contributed by atoms with van der Waals surface area (Å²) in [6.07, 6.45) is 0. The Morgan fingerprint density at radius 3 is 1.96 bits per heavy atom. The van der Waals surface area contributed by atoms with E-state index in [1.54, 1.807) is 33.4 Å². The lowest BCUT2D eigenvalue weighted by molar-refractivity contribution is 0.0957. The van der Waals surface area contributed by atoms with Gasteiger partial charge in [0.25, 0.3) is 5.91 Å². The number of aromatic nitrogens is 2. The molecular formula is C21H22N4O3. The Bertz CT molecular complexity index is 897. The summed E-state index contributed by atoms with van der Waals surface area (Å²) in [5.41, 5.74) is 2.24. The molecule has 0 unspecified atom stereocenters. The first-order valence-corrected chi connectivity index (χ1v) is 8.75. The van der Waals surface area contributed by atoms with Crippen LogP contribution in [-0.2, 0) is 0 Å². The van der Waals surface area contributed by atoms with Crippen LogP contribution in [0.2, 0.25) is 0 Å². The van der Waals surface area contributed by atoms with Crippen LogP contribution < -0.4 is 20.1 Å². The molecule has 0 saturated heterocycles. The van der Waals surface area contributed by atoms with E-state index in [2.05, 4.69) is 20.8 Å². The highest BCUT2D eigenvalue weighted by Crippen LogP contribution is 2.30. The van der Waals surface area contributed by atoms with Crippen LogP contribution in [0.5, 0.6) is 11.5 Å². The van der Waals surface area contributed by atoms with E-state index in [4.69, 9.17) is 9.47 Å². The molecule has 7 nitrogen and oxygen atoms in total. The van der Waals surface area contributed by atoms with Gasteiger partial charge in [-0.05, 0) is 47.5 Å². The number of carbonyl (C=O) groups excluding carboxylic acids is 1. The summed E-state index contributed by atoms with van der Waals surface area (Å²) in [6.45, 7) is 0. The Balaban J connectivity index is 1.97. The SMILES string of the molecule is CNC(=O)c1ccc(NC(c2cccc(OC)c2)c2cccc(OC)c2)nn1. The van der Waals surface area contributed by atoms with Crippen LogP contribution in [0.4, 0.5) is 5.82 Å². The molecule has 2 aromatic carbocycles. The average Bonchev–Trinajstić information content (AvgIpc) is 2.77. The summed E-state index contributed by atoms with van der Waals surface area (Å²) in [5, 5.41) is 14.0. The number of nitrogens with one attached hydrogen (secondary N) is 2. The molecule has 0 bridgehead atoms. The largest absolute Gasteiger partial charge is 0.497 e. The first-order chi connectivity index (χ1) is 13.6. The van der Waals surface area contributed by atoms with Gasteiger partial charge in [-0.2, -0.15) is 0 Å². The fraction of sp³-hybridized carbons (Fsp3) is 0.190. The molecule has 7 heteroatoms. The van der Waals surface area contributed by atoms with Crippen molar-refractivity contribution in [3.05, 3.63) is 77.5 Å². The summed E-state index contributed by atoms with van der Waals surface area (Å²) in [6, 6.07) is 18.7. The molecule has 0 spiro atoms. The predicted molar refractivity (Wildman–Crippen MR) is 107 cm³/mol. The molecule has 28 heavy (non-hydrogen) atoms. The van der Waals surface area contributed by atoms with E-state index >= 15 is 0 Å². The fourth-order valence-corrected chi connectivity index (χ4v) is 2.81. The second kappa shape index (κ2) is 8.85. The van der Waals surface area contributed by atoms with Crippen LogP contribution in [0.25, 0.3) is 0 Å². The normalized spacial score (nSPS) is 10.4. The van der Waals surface area contributed by atoms with E-state index in [9.17, 15) is 4.79 Å². The van der Waals surface area contributed by atoms with Gasteiger partial charge in [0.1, 0.15) is 17.3 Å². The number of hydrogen-bond acceptors (Lipinski definition) is 6. The molecule has 144 valence electrons. The minimum Gasteiger partial charge on any atom is -0.497 e. The molecule has 0 atom stereocenters. The van der Waals surface area contributed by atoms with Crippen molar-refractivity contribution >= 4 is 11.7 Å². The van der Waals surface area contributed by atoms with E-state index in [-0.39, 0.29) is 17.6 Å². The molecule has 0 aliphatic carbocycles. The van der Waals surface area contributed by atoms with Crippen LogP contribution in [0.15, 0.2) is 60.7 Å². The number of hydrogen-bond donors (Lipinski definition) is 2. The molecule has 1 aromatic heterocycles. The summed E-state index contributed by atoms with van der Waals surface area (Å²) in [5.74, 6) is 1.78. The van der Waals surface area contributed by atoms with Crippen molar-refractivity contribution < 1.29 is 14.3 Å². The Labute approximate surface area is 163 Å². The van der Waals surface area contributed by atoms with Crippen LogP contribution in [0, 0.1) is 0 Å². The monoisotopic (exact) mass is 378 g/mol. The number of carbonyl (C=O) groups is 1. The van der Waals surface area contributed by atoms with Gasteiger partial charge in [0.15, 0.2) is 5.69 Å². The highest BCUT2D eigenvalue weighted by atomic mass is 16.5. The first-order valence-electron chi connectivity index (χ1n) is 8.75.